The second-order valence-electron chi connectivity index (χ2n) is 2.76. The molecule has 11 heavy (non-hydrogen) atoms. The van der Waals surface area contributed by atoms with E-state index in [0.29, 0.717) is 18.8 Å². The van der Waals surface area contributed by atoms with E-state index in [1.807, 2.05) is 0 Å². The second kappa shape index (κ2) is 2.33. The van der Waals surface area contributed by atoms with Gasteiger partial charge < -0.3 is 14.8 Å². The van der Waals surface area contributed by atoms with E-state index in [9.17, 15) is 5.11 Å². The zero-order chi connectivity index (χ0) is 7.90. The maximum atomic E-state index is 9.72. The van der Waals surface area contributed by atoms with Crippen molar-refractivity contribution in [3.8, 4) is 0 Å². The van der Waals surface area contributed by atoms with Crippen molar-refractivity contribution in [2.45, 2.75) is 5.60 Å². The maximum Gasteiger partial charge on any atom is 0.147 e. The molecule has 1 fully saturated rings. The Morgan fingerprint density at radius 3 is 2.73 bits per heavy atom. The average molecular weight is 218 g/mol. The third kappa shape index (κ3) is 1.11. The highest BCUT2D eigenvalue weighted by Gasteiger charge is 2.39. The number of hydrogen-bond acceptors (Lipinski definition) is 3. The normalized spacial score (nSPS) is 21.3. The Labute approximate surface area is 72.5 Å². The van der Waals surface area contributed by atoms with Crippen LogP contribution in [0.25, 0.3) is 0 Å². The fourth-order valence-corrected chi connectivity index (χ4v) is 1.39. The standard InChI is InChI=1S/C7H8BrNO2/c8-5-1-6(11-2-5)7(10)3-9-4-7/h1-2,9-10H,3-4H2. The molecule has 0 aliphatic carbocycles. The Morgan fingerprint density at radius 1 is 1.64 bits per heavy atom. The quantitative estimate of drug-likeness (QED) is 0.733. The van der Waals surface area contributed by atoms with Crippen LogP contribution in [-0.4, -0.2) is 18.2 Å². The Morgan fingerprint density at radius 2 is 2.36 bits per heavy atom. The van der Waals surface area contributed by atoms with E-state index in [1.54, 1.807) is 12.3 Å². The van der Waals surface area contributed by atoms with Crippen LogP contribution in [0.5, 0.6) is 0 Å². The summed E-state index contributed by atoms with van der Waals surface area (Å²) in [5.41, 5.74) is -0.772. The van der Waals surface area contributed by atoms with Gasteiger partial charge in [-0.3, -0.25) is 0 Å². The SMILES string of the molecule is OC1(c2cc(Br)co2)CNC1. The number of β-amino-alcohol motifs (C(OH)–C–C–N with tert-alkyl or cyclic N) is 1. The lowest BCUT2D eigenvalue weighted by atomic mass is 9.94. The first-order valence-corrected chi connectivity index (χ1v) is 4.18. The molecule has 1 aliphatic heterocycles. The minimum atomic E-state index is -0.772. The molecular weight excluding hydrogens is 210 g/mol. The van der Waals surface area contributed by atoms with Crippen LogP contribution < -0.4 is 5.32 Å². The predicted molar refractivity (Wildman–Crippen MR) is 43.2 cm³/mol. The van der Waals surface area contributed by atoms with Gasteiger partial charge in [0.2, 0.25) is 0 Å². The predicted octanol–water partition coefficient (Wildman–Crippen LogP) is 0.833. The Hall–Kier alpha value is -0.320. The Bertz CT molecular complexity index is 267. The summed E-state index contributed by atoms with van der Waals surface area (Å²) >= 11 is 3.25. The van der Waals surface area contributed by atoms with Crippen molar-refractivity contribution in [2.75, 3.05) is 13.1 Å². The van der Waals surface area contributed by atoms with Gasteiger partial charge in [-0.2, -0.15) is 0 Å². The lowest BCUT2D eigenvalue weighted by molar-refractivity contribution is -0.0332. The van der Waals surface area contributed by atoms with Crippen LogP contribution in [0, 0.1) is 0 Å². The molecule has 0 unspecified atom stereocenters. The average Bonchev–Trinajstić information content (AvgIpc) is 2.31. The molecule has 1 aromatic rings. The summed E-state index contributed by atoms with van der Waals surface area (Å²) in [4.78, 5) is 0. The molecule has 4 heteroatoms. The van der Waals surface area contributed by atoms with E-state index < -0.39 is 5.60 Å². The summed E-state index contributed by atoms with van der Waals surface area (Å²) in [7, 11) is 0. The minimum absolute atomic E-state index is 0.576. The Balaban J connectivity index is 2.28. The number of nitrogens with one attached hydrogen (secondary N) is 1. The molecular formula is C7H8BrNO2. The van der Waals surface area contributed by atoms with Crippen LogP contribution in [0.2, 0.25) is 0 Å². The van der Waals surface area contributed by atoms with Crippen molar-refractivity contribution in [1.82, 2.24) is 5.32 Å². The van der Waals surface area contributed by atoms with Crippen molar-refractivity contribution >= 4 is 15.9 Å². The van der Waals surface area contributed by atoms with Gasteiger partial charge in [0.15, 0.2) is 0 Å². The van der Waals surface area contributed by atoms with E-state index in [4.69, 9.17) is 4.42 Å². The highest BCUT2D eigenvalue weighted by atomic mass is 79.9. The number of rotatable bonds is 1. The van der Waals surface area contributed by atoms with Crippen LogP contribution in [0.4, 0.5) is 0 Å². The van der Waals surface area contributed by atoms with Gasteiger partial charge in [0, 0.05) is 13.1 Å². The summed E-state index contributed by atoms with van der Waals surface area (Å²) in [6.45, 7) is 1.15. The van der Waals surface area contributed by atoms with Gasteiger partial charge in [-0.1, -0.05) is 0 Å². The highest BCUT2D eigenvalue weighted by Crippen LogP contribution is 2.28. The van der Waals surface area contributed by atoms with Crippen molar-refractivity contribution in [1.29, 1.82) is 0 Å². The fraction of sp³-hybridized carbons (Fsp3) is 0.429. The topological polar surface area (TPSA) is 45.4 Å². The molecule has 0 aromatic carbocycles. The van der Waals surface area contributed by atoms with Gasteiger partial charge in [-0.05, 0) is 22.0 Å². The van der Waals surface area contributed by atoms with Crippen molar-refractivity contribution < 1.29 is 9.52 Å². The highest BCUT2D eigenvalue weighted by molar-refractivity contribution is 9.10. The molecule has 2 N–H and O–H groups in total. The molecule has 0 spiro atoms. The third-order valence-corrected chi connectivity index (χ3v) is 2.28. The van der Waals surface area contributed by atoms with E-state index >= 15 is 0 Å². The zero-order valence-corrected chi connectivity index (χ0v) is 7.39. The summed E-state index contributed by atoms with van der Waals surface area (Å²) < 4.78 is 6.00. The molecule has 3 nitrogen and oxygen atoms in total. The third-order valence-electron chi connectivity index (χ3n) is 1.86. The van der Waals surface area contributed by atoms with Crippen LogP contribution in [0.15, 0.2) is 21.2 Å². The summed E-state index contributed by atoms with van der Waals surface area (Å²) in [6, 6.07) is 1.79. The molecule has 60 valence electrons. The van der Waals surface area contributed by atoms with Crippen LogP contribution in [0.1, 0.15) is 5.76 Å². The fourth-order valence-electron chi connectivity index (χ4n) is 1.09. The molecule has 2 rings (SSSR count). The molecule has 1 aromatic heterocycles. The molecule has 1 aliphatic rings. The van der Waals surface area contributed by atoms with E-state index in [1.165, 1.54) is 0 Å². The van der Waals surface area contributed by atoms with E-state index in [2.05, 4.69) is 21.2 Å². The van der Waals surface area contributed by atoms with Gasteiger partial charge in [-0.25, -0.2) is 0 Å². The smallest absolute Gasteiger partial charge is 0.147 e. The van der Waals surface area contributed by atoms with Gasteiger partial charge in [0.05, 0.1) is 4.47 Å². The van der Waals surface area contributed by atoms with Gasteiger partial charge in [-0.15, -0.1) is 0 Å². The number of aliphatic hydroxyl groups is 1. The lowest BCUT2D eigenvalue weighted by Crippen LogP contribution is -2.56. The Kier molecular flexibility index (Phi) is 1.56. The molecule has 0 amide bonds. The zero-order valence-electron chi connectivity index (χ0n) is 5.80. The summed E-state index contributed by atoms with van der Waals surface area (Å²) in [5, 5.41) is 12.7. The number of hydrogen-bond donors (Lipinski definition) is 2. The number of halogens is 1. The van der Waals surface area contributed by atoms with Gasteiger partial charge in [0.1, 0.15) is 17.6 Å². The van der Waals surface area contributed by atoms with E-state index in [-0.39, 0.29) is 0 Å². The minimum Gasteiger partial charge on any atom is -0.465 e. The molecule has 0 bridgehead atoms. The van der Waals surface area contributed by atoms with Crippen molar-refractivity contribution in [3.05, 3.63) is 22.6 Å². The van der Waals surface area contributed by atoms with Gasteiger partial charge in [0.25, 0.3) is 0 Å². The summed E-state index contributed by atoms with van der Waals surface area (Å²) in [5.74, 6) is 0.628. The van der Waals surface area contributed by atoms with Crippen LogP contribution >= 0.6 is 15.9 Å². The molecule has 0 radical (unpaired) electrons. The largest absolute Gasteiger partial charge is 0.465 e. The van der Waals surface area contributed by atoms with Crippen molar-refractivity contribution in [3.63, 3.8) is 0 Å². The molecule has 0 saturated carbocycles. The van der Waals surface area contributed by atoms with Gasteiger partial charge >= 0.3 is 0 Å². The van der Waals surface area contributed by atoms with Crippen molar-refractivity contribution in [2.24, 2.45) is 0 Å². The maximum absolute atomic E-state index is 9.72. The first kappa shape index (κ1) is 7.34. The van der Waals surface area contributed by atoms with Crippen LogP contribution in [0.3, 0.4) is 0 Å². The molecule has 1 saturated heterocycles. The lowest BCUT2D eigenvalue weighted by Gasteiger charge is -2.35. The monoisotopic (exact) mass is 217 g/mol. The first-order valence-electron chi connectivity index (χ1n) is 3.38. The first-order chi connectivity index (χ1) is 5.21. The van der Waals surface area contributed by atoms with Crippen LogP contribution in [-0.2, 0) is 5.60 Å². The molecule has 0 atom stereocenters. The summed E-state index contributed by atoms with van der Waals surface area (Å²) in [6.07, 6.45) is 1.58. The van der Waals surface area contributed by atoms with E-state index in [0.717, 1.165) is 4.47 Å². The second-order valence-corrected chi connectivity index (χ2v) is 3.68. The molecule has 2 heterocycles. The number of furan rings is 1.